The average Bonchev–Trinajstić information content (AvgIpc) is 3.19. The molecule has 1 aliphatic carbocycles. The predicted octanol–water partition coefficient (Wildman–Crippen LogP) is 1.83. The van der Waals surface area contributed by atoms with Crippen LogP contribution >= 0.6 is 0 Å². The van der Waals surface area contributed by atoms with E-state index in [-0.39, 0.29) is 11.9 Å². The zero-order valence-corrected chi connectivity index (χ0v) is 14.3. The molecule has 1 aromatic heterocycles. The third kappa shape index (κ3) is 4.77. The Bertz CT molecular complexity index is 561. The number of aromatic nitrogens is 1. The second kappa shape index (κ2) is 7.61. The molecule has 2 aliphatic rings. The number of aryl methyl sites for hydroxylation is 1. The van der Waals surface area contributed by atoms with Crippen molar-refractivity contribution in [3.05, 3.63) is 17.5 Å². The van der Waals surface area contributed by atoms with E-state index < -0.39 is 12.3 Å². The molecule has 7 heteroatoms. The standard InChI is InChI=1S/C17H26FN3O3/c1-11-5-16(24-20-11)9-21-8-14(18)6-15(21)7-19-17(22)12(2)23-10-13-3-4-13/h5,12-15H,3-4,6-10H2,1-2H3,(H,19,22)/t12-,14+,15+/m1/s1. The minimum atomic E-state index is -0.875. The van der Waals surface area contributed by atoms with Gasteiger partial charge in [-0.1, -0.05) is 5.16 Å². The van der Waals surface area contributed by atoms with Crippen LogP contribution in [0.3, 0.4) is 0 Å². The summed E-state index contributed by atoms with van der Waals surface area (Å²) < 4.78 is 24.6. The van der Waals surface area contributed by atoms with Crippen LogP contribution in [0.15, 0.2) is 10.6 Å². The molecule has 2 heterocycles. The molecule has 0 bridgehead atoms. The number of halogens is 1. The van der Waals surface area contributed by atoms with Crippen molar-refractivity contribution < 1.29 is 18.4 Å². The monoisotopic (exact) mass is 339 g/mol. The number of nitrogens with zero attached hydrogens (tertiary/aromatic N) is 2. The Hall–Kier alpha value is -1.47. The lowest BCUT2D eigenvalue weighted by atomic mass is 10.2. The molecule has 134 valence electrons. The number of alkyl halides is 1. The highest BCUT2D eigenvalue weighted by Gasteiger charge is 2.33. The van der Waals surface area contributed by atoms with Gasteiger partial charge in [0.15, 0.2) is 5.76 Å². The van der Waals surface area contributed by atoms with Gasteiger partial charge in [0.25, 0.3) is 0 Å². The molecule has 6 nitrogen and oxygen atoms in total. The fourth-order valence-electron chi connectivity index (χ4n) is 3.02. The molecule has 3 rings (SSSR count). The third-order valence-corrected chi connectivity index (χ3v) is 4.67. The summed E-state index contributed by atoms with van der Waals surface area (Å²) in [6.45, 7) is 5.56. The van der Waals surface area contributed by atoms with Crippen LogP contribution in [0, 0.1) is 12.8 Å². The van der Waals surface area contributed by atoms with Crippen molar-refractivity contribution in [1.82, 2.24) is 15.4 Å². The molecular weight excluding hydrogens is 313 g/mol. The fourth-order valence-corrected chi connectivity index (χ4v) is 3.02. The zero-order valence-electron chi connectivity index (χ0n) is 14.3. The van der Waals surface area contributed by atoms with Crippen LogP contribution in [0.5, 0.6) is 0 Å². The first-order valence-electron chi connectivity index (χ1n) is 8.71. The van der Waals surface area contributed by atoms with Crippen LogP contribution in [0.2, 0.25) is 0 Å². The second-order valence-corrected chi connectivity index (χ2v) is 7.01. The van der Waals surface area contributed by atoms with Gasteiger partial charge < -0.3 is 14.6 Å². The Balaban J connectivity index is 1.45. The summed E-state index contributed by atoms with van der Waals surface area (Å²) in [6.07, 6.45) is 1.48. The maximum Gasteiger partial charge on any atom is 0.248 e. The Morgan fingerprint density at radius 3 is 3.04 bits per heavy atom. The van der Waals surface area contributed by atoms with E-state index in [4.69, 9.17) is 9.26 Å². The zero-order chi connectivity index (χ0) is 17.1. The molecule has 24 heavy (non-hydrogen) atoms. The summed E-state index contributed by atoms with van der Waals surface area (Å²) >= 11 is 0. The minimum Gasteiger partial charge on any atom is -0.368 e. The fraction of sp³-hybridized carbons (Fsp3) is 0.765. The molecule has 3 atom stereocenters. The average molecular weight is 339 g/mol. The van der Waals surface area contributed by atoms with E-state index >= 15 is 0 Å². The molecule has 0 aromatic carbocycles. The first-order chi connectivity index (χ1) is 11.5. The van der Waals surface area contributed by atoms with Gasteiger partial charge in [-0.25, -0.2) is 4.39 Å². The first-order valence-corrected chi connectivity index (χ1v) is 8.71. The van der Waals surface area contributed by atoms with Gasteiger partial charge in [0.05, 0.1) is 18.8 Å². The third-order valence-electron chi connectivity index (χ3n) is 4.67. The summed E-state index contributed by atoms with van der Waals surface area (Å²) in [4.78, 5) is 14.1. The SMILES string of the molecule is Cc1cc(CN2C[C@@H](F)C[C@H]2CNC(=O)[C@@H](C)OCC2CC2)on1. The molecule has 1 aromatic rings. The van der Waals surface area contributed by atoms with Crippen molar-refractivity contribution >= 4 is 5.91 Å². The quantitative estimate of drug-likeness (QED) is 0.783. The highest BCUT2D eigenvalue weighted by molar-refractivity contribution is 5.80. The molecular formula is C17H26FN3O3. The van der Waals surface area contributed by atoms with Crippen LogP contribution in [0.25, 0.3) is 0 Å². The molecule has 1 N–H and O–H groups in total. The Morgan fingerprint density at radius 1 is 1.58 bits per heavy atom. The van der Waals surface area contributed by atoms with Crippen LogP contribution in [0.4, 0.5) is 4.39 Å². The first kappa shape index (κ1) is 17.4. The van der Waals surface area contributed by atoms with E-state index in [2.05, 4.69) is 10.5 Å². The van der Waals surface area contributed by atoms with Gasteiger partial charge in [0.2, 0.25) is 5.91 Å². The van der Waals surface area contributed by atoms with Gasteiger partial charge in [0, 0.05) is 25.2 Å². The summed E-state index contributed by atoms with van der Waals surface area (Å²) in [5.41, 5.74) is 0.812. The maximum absolute atomic E-state index is 13.8. The second-order valence-electron chi connectivity index (χ2n) is 7.01. The molecule has 0 spiro atoms. The van der Waals surface area contributed by atoms with E-state index in [0.29, 0.717) is 38.6 Å². The van der Waals surface area contributed by atoms with E-state index in [0.717, 1.165) is 11.5 Å². The topological polar surface area (TPSA) is 67.6 Å². The normalized spacial score (nSPS) is 25.8. The van der Waals surface area contributed by atoms with Crippen LogP contribution in [-0.4, -0.2) is 54.0 Å². The minimum absolute atomic E-state index is 0.0370. The lowest BCUT2D eigenvalue weighted by molar-refractivity contribution is -0.132. The van der Waals surface area contributed by atoms with Gasteiger partial charge in [-0.05, 0) is 39.0 Å². The van der Waals surface area contributed by atoms with Crippen molar-refractivity contribution in [2.24, 2.45) is 5.92 Å². The Kier molecular flexibility index (Phi) is 5.50. The molecule has 1 amide bonds. The smallest absolute Gasteiger partial charge is 0.248 e. The molecule has 0 radical (unpaired) electrons. The number of rotatable bonds is 8. The van der Waals surface area contributed by atoms with E-state index in [1.165, 1.54) is 12.8 Å². The van der Waals surface area contributed by atoms with Crippen molar-refractivity contribution in [2.45, 2.75) is 58.0 Å². The number of likely N-dealkylation sites (tertiary alicyclic amines) is 1. The lowest BCUT2D eigenvalue weighted by Gasteiger charge is -2.23. The highest BCUT2D eigenvalue weighted by atomic mass is 19.1. The van der Waals surface area contributed by atoms with Gasteiger partial charge in [-0.2, -0.15) is 0 Å². The summed E-state index contributed by atoms with van der Waals surface area (Å²) in [7, 11) is 0. The largest absolute Gasteiger partial charge is 0.368 e. The summed E-state index contributed by atoms with van der Waals surface area (Å²) in [5, 5.41) is 6.75. The van der Waals surface area contributed by atoms with Crippen molar-refractivity contribution in [3.63, 3.8) is 0 Å². The van der Waals surface area contributed by atoms with Crippen molar-refractivity contribution in [3.8, 4) is 0 Å². The Labute approximate surface area is 141 Å². The van der Waals surface area contributed by atoms with Crippen molar-refractivity contribution in [2.75, 3.05) is 19.7 Å². The van der Waals surface area contributed by atoms with E-state index in [1.807, 2.05) is 17.9 Å². The number of amides is 1. The number of carbonyl (C=O) groups excluding carboxylic acids is 1. The van der Waals surface area contributed by atoms with E-state index in [9.17, 15) is 9.18 Å². The maximum atomic E-state index is 13.8. The van der Waals surface area contributed by atoms with Gasteiger partial charge in [-0.15, -0.1) is 0 Å². The predicted molar refractivity (Wildman–Crippen MR) is 86.1 cm³/mol. The van der Waals surface area contributed by atoms with Gasteiger partial charge in [0.1, 0.15) is 12.3 Å². The van der Waals surface area contributed by atoms with E-state index in [1.54, 1.807) is 6.92 Å². The van der Waals surface area contributed by atoms with Crippen LogP contribution in [0.1, 0.15) is 37.6 Å². The number of hydrogen-bond acceptors (Lipinski definition) is 5. The number of ether oxygens (including phenoxy) is 1. The van der Waals surface area contributed by atoms with Gasteiger partial charge in [-0.3, -0.25) is 9.69 Å². The van der Waals surface area contributed by atoms with Crippen molar-refractivity contribution in [1.29, 1.82) is 0 Å². The summed E-state index contributed by atoms with van der Waals surface area (Å²) in [6, 6.07) is 1.82. The highest BCUT2D eigenvalue weighted by Crippen LogP contribution is 2.29. The molecule has 1 saturated heterocycles. The number of carbonyl (C=O) groups is 1. The number of hydrogen-bond donors (Lipinski definition) is 1. The molecule has 1 aliphatic heterocycles. The molecule has 1 saturated carbocycles. The number of nitrogens with one attached hydrogen (secondary N) is 1. The Morgan fingerprint density at radius 2 is 2.38 bits per heavy atom. The van der Waals surface area contributed by atoms with Crippen LogP contribution < -0.4 is 5.32 Å². The van der Waals surface area contributed by atoms with Crippen LogP contribution in [-0.2, 0) is 16.1 Å². The lowest BCUT2D eigenvalue weighted by Crippen LogP contribution is -2.43. The summed E-state index contributed by atoms with van der Waals surface area (Å²) in [5.74, 6) is 1.22. The van der Waals surface area contributed by atoms with Gasteiger partial charge >= 0.3 is 0 Å². The molecule has 2 fully saturated rings. The molecule has 0 unspecified atom stereocenters.